The molecular weight excluding hydrogens is 278 g/mol. The van der Waals surface area contributed by atoms with Crippen molar-refractivity contribution in [2.75, 3.05) is 18.6 Å². The van der Waals surface area contributed by atoms with E-state index in [2.05, 4.69) is 11.9 Å². The first kappa shape index (κ1) is 18.8. The minimum absolute atomic E-state index is 0.157. The highest BCUT2D eigenvalue weighted by Gasteiger charge is 2.25. The van der Waals surface area contributed by atoms with Crippen molar-refractivity contribution in [3.8, 4) is 0 Å². The monoisotopic (exact) mass is 303 g/mol. The summed E-state index contributed by atoms with van der Waals surface area (Å²) in [6.45, 7) is 10.9. The molecule has 20 heavy (non-hydrogen) atoms. The molecule has 1 N–H and O–H groups in total. The Morgan fingerprint density at radius 3 is 2.40 bits per heavy atom. The number of rotatable bonds is 7. The average molecular weight is 303 g/mol. The van der Waals surface area contributed by atoms with Gasteiger partial charge in [0.1, 0.15) is 18.2 Å². The van der Waals surface area contributed by atoms with Gasteiger partial charge in [0.05, 0.1) is 0 Å². The second-order valence-corrected chi connectivity index (χ2v) is 6.53. The second-order valence-electron chi connectivity index (χ2n) is 5.55. The van der Waals surface area contributed by atoms with Gasteiger partial charge in [0.25, 0.3) is 0 Å². The first-order valence-electron chi connectivity index (χ1n) is 6.45. The van der Waals surface area contributed by atoms with Crippen molar-refractivity contribution in [3.05, 3.63) is 12.2 Å². The van der Waals surface area contributed by atoms with Crippen LogP contribution in [-0.4, -0.2) is 42.3 Å². The Labute approximate surface area is 125 Å². The third-order valence-corrected chi connectivity index (χ3v) is 2.69. The number of nitrogens with one attached hydrogen (secondary N) is 1. The van der Waals surface area contributed by atoms with Gasteiger partial charge < -0.3 is 14.8 Å². The highest BCUT2D eigenvalue weighted by Crippen LogP contribution is 2.09. The maximum Gasteiger partial charge on any atom is 0.408 e. The number of amides is 1. The van der Waals surface area contributed by atoms with Gasteiger partial charge in [0.2, 0.25) is 0 Å². The molecule has 0 aliphatic rings. The van der Waals surface area contributed by atoms with E-state index in [4.69, 9.17) is 9.47 Å². The zero-order valence-corrected chi connectivity index (χ0v) is 13.8. The fourth-order valence-electron chi connectivity index (χ4n) is 1.23. The van der Waals surface area contributed by atoms with E-state index >= 15 is 0 Å². The van der Waals surface area contributed by atoms with E-state index in [1.165, 1.54) is 0 Å². The molecule has 0 rings (SSSR count). The van der Waals surface area contributed by atoms with E-state index in [1.54, 1.807) is 39.5 Å². The molecule has 116 valence electrons. The van der Waals surface area contributed by atoms with Gasteiger partial charge in [-0.3, -0.25) is 0 Å². The summed E-state index contributed by atoms with van der Waals surface area (Å²) in [5.41, 5.74) is 0.148. The quantitative estimate of drug-likeness (QED) is 0.579. The lowest BCUT2D eigenvalue weighted by atomic mass is 10.2. The summed E-state index contributed by atoms with van der Waals surface area (Å²) in [6, 6.07) is -0.698. The van der Waals surface area contributed by atoms with Gasteiger partial charge in [-0.25, -0.2) is 9.59 Å². The van der Waals surface area contributed by atoms with E-state index in [0.717, 1.165) is 11.3 Å². The van der Waals surface area contributed by atoms with Crippen molar-refractivity contribution >= 4 is 23.8 Å². The zero-order valence-electron chi connectivity index (χ0n) is 12.9. The molecule has 1 atom stereocenters. The molecule has 0 aliphatic heterocycles. The molecule has 0 aromatic heterocycles. The molecule has 0 bridgehead atoms. The lowest BCUT2D eigenvalue weighted by Crippen LogP contribution is -2.44. The highest BCUT2D eigenvalue weighted by atomic mass is 32.2. The standard InChI is InChI=1S/C14H25NO4S/c1-10(2)9-18-12(16)11(7-8-20-6)15-13(17)19-14(3,4)5/h11H,1,7-9H2,2-6H3,(H,15,17). The van der Waals surface area contributed by atoms with Crippen LogP contribution in [-0.2, 0) is 14.3 Å². The average Bonchev–Trinajstić information content (AvgIpc) is 2.28. The Bertz CT molecular complexity index is 350. The third-order valence-electron chi connectivity index (χ3n) is 2.05. The number of carbonyl (C=O) groups excluding carboxylic acids is 2. The van der Waals surface area contributed by atoms with Crippen molar-refractivity contribution < 1.29 is 19.1 Å². The van der Waals surface area contributed by atoms with Crippen molar-refractivity contribution in [1.82, 2.24) is 5.32 Å². The smallest absolute Gasteiger partial charge is 0.408 e. The normalized spacial score (nSPS) is 12.4. The summed E-state index contributed by atoms with van der Waals surface area (Å²) in [7, 11) is 0. The van der Waals surface area contributed by atoms with Crippen molar-refractivity contribution in [2.45, 2.75) is 45.8 Å². The Morgan fingerprint density at radius 1 is 1.35 bits per heavy atom. The molecule has 0 spiro atoms. The largest absolute Gasteiger partial charge is 0.460 e. The van der Waals surface area contributed by atoms with Gasteiger partial charge in [-0.1, -0.05) is 6.58 Å². The first-order valence-corrected chi connectivity index (χ1v) is 7.84. The Balaban J connectivity index is 4.50. The topological polar surface area (TPSA) is 64.6 Å². The first-order chi connectivity index (χ1) is 9.15. The van der Waals surface area contributed by atoms with Gasteiger partial charge in [-0.2, -0.15) is 11.8 Å². The van der Waals surface area contributed by atoms with Crippen LogP contribution < -0.4 is 5.32 Å². The van der Waals surface area contributed by atoms with E-state index in [1.807, 2.05) is 6.26 Å². The molecule has 1 amide bonds. The van der Waals surface area contributed by atoms with Crippen molar-refractivity contribution in [1.29, 1.82) is 0 Å². The van der Waals surface area contributed by atoms with Crippen molar-refractivity contribution in [3.63, 3.8) is 0 Å². The molecule has 0 radical (unpaired) electrons. The molecule has 0 fully saturated rings. The Morgan fingerprint density at radius 2 is 1.95 bits per heavy atom. The summed E-state index contributed by atoms with van der Waals surface area (Å²) in [5.74, 6) is 0.274. The number of esters is 1. The lowest BCUT2D eigenvalue weighted by Gasteiger charge is -2.22. The summed E-state index contributed by atoms with van der Waals surface area (Å²) in [4.78, 5) is 23.6. The molecule has 1 unspecified atom stereocenters. The molecule has 5 nitrogen and oxygen atoms in total. The fraction of sp³-hybridized carbons (Fsp3) is 0.714. The van der Waals surface area contributed by atoms with E-state index in [0.29, 0.717) is 6.42 Å². The van der Waals surface area contributed by atoms with Crippen LogP contribution in [0.3, 0.4) is 0 Å². The summed E-state index contributed by atoms with van der Waals surface area (Å²) in [5, 5.41) is 2.55. The predicted octanol–water partition coefficient (Wildman–Crippen LogP) is 2.75. The molecule has 0 aromatic carbocycles. The van der Waals surface area contributed by atoms with E-state index in [9.17, 15) is 9.59 Å². The molecule has 0 heterocycles. The van der Waals surface area contributed by atoms with Gasteiger partial charge in [0.15, 0.2) is 0 Å². The van der Waals surface area contributed by atoms with E-state index in [-0.39, 0.29) is 6.61 Å². The maximum atomic E-state index is 11.9. The van der Waals surface area contributed by atoms with Crippen LogP contribution in [0.5, 0.6) is 0 Å². The highest BCUT2D eigenvalue weighted by molar-refractivity contribution is 7.98. The van der Waals surface area contributed by atoms with Crippen LogP contribution in [0, 0.1) is 0 Å². The second kappa shape index (κ2) is 8.89. The predicted molar refractivity (Wildman–Crippen MR) is 81.9 cm³/mol. The fourth-order valence-corrected chi connectivity index (χ4v) is 1.70. The minimum atomic E-state index is -0.698. The number of alkyl carbamates (subject to hydrolysis) is 1. The third kappa shape index (κ3) is 9.72. The number of ether oxygens (including phenoxy) is 2. The summed E-state index contributed by atoms with van der Waals surface area (Å²) in [6.07, 6.45) is 1.81. The van der Waals surface area contributed by atoms with Crippen LogP contribution in [0.2, 0.25) is 0 Å². The van der Waals surface area contributed by atoms with Crippen LogP contribution >= 0.6 is 11.8 Å². The van der Waals surface area contributed by atoms with Crippen LogP contribution in [0.15, 0.2) is 12.2 Å². The van der Waals surface area contributed by atoms with Gasteiger partial charge in [-0.15, -0.1) is 0 Å². The van der Waals surface area contributed by atoms with Crippen molar-refractivity contribution in [2.24, 2.45) is 0 Å². The zero-order chi connectivity index (χ0) is 15.8. The van der Waals surface area contributed by atoms with Gasteiger partial charge >= 0.3 is 12.1 Å². The minimum Gasteiger partial charge on any atom is -0.460 e. The number of thioether (sulfide) groups is 1. The molecule has 0 aliphatic carbocycles. The number of hydrogen-bond donors (Lipinski definition) is 1. The van der Waals surface area contributed by atoms with Gasteiger partial charge in [0, 0.05) is 0 Å². The molecule has 6 heteroatoms. The molecular formula is C14H25NO4S. The summed E-state index contributed by atoms with van der Waals surface area (Å²) < 4.78 is 10.2. The Hall–Kier alpha value is -1.17. The lowest BCUT2D eigenvalue weighted by molar-refractivity contribution is -0.145. The van der Waals surface area contributed by atoms with Crippen LogP contribution in [0.25, 0.3) is 0 Å². The number of hydrogen-bond acceptors (Lipinski definition) is 5. The van der Waals surface area contributed by atoms with E-state index < -0.39 is 23.7 Å². The molecule has 0 saturated carbocycles. The maximum absolute atomic E-state index is 11.9. The van der Waals surface area contributed by atoms with Gasteiger partial charge in [-0.05, 0) is 51.7 Å². The molecule has 0 saturated heterocycles. The Kier molecular flexibility index (Phi) is 8.37. The number of carbonyl (C=O) groups is 2. The van der Waals surface area contributed by atoms with Crippen LogP contribution in [0.1, 0.15) is 34.1 Å². The molecule has 0 aromatic rings. The van der Waals surface area contributed by atoms with Crippen LogP contribution in [0.4, 0.5) is 4.79 Å². The summed E-state index contributed by atoms with van der Waals surface area (Å²) >= 11 is 1.59. The SMILES string of the molecule is C=C(C)COC(=O)C(CCSC)NC(=O)OC(C)(C)C.